The molecule has 7 heteroatoms. The molecule has 4 nitrogen and oxygen atoms in total. The molecule has 152 valence electrons. The predicted molar refractivity (Wildman–Crippen MR) is 111 cm³/mol. The number of amides is 1. The second-order valence-corrected chi connectivity index (χ2v) is 8.51. The van der Waals surface area contributed by atoms with Crippen molar-refractivity contribution in [3.05, 3.63) is 64.7 Å². The number of thiazole rings is 1. The van der Waals surface area contributed by atoms with Crippen LogP contribution in [0, 0.1) is 11.6 Å². The minimum absolute atomic E-state index is 0.0298. The number of fused-ring (bicyclic) bond motifs is 1. The lowest BCUT2D eigenvalue weighted by Gasteiger charge is -2.31. The molecule has 1 fully saturated rings. The van der Waals surface area contributed by atoms with Crippen LogP contribution >= 0.6 is 11.3 Å². The summed E-state index contributed by atoms with van der Waals surface area (Å²) in [6.07, 6.45) is 1.81. The van der Waals surface area contributed by atoms with E-state index in [9.17, 15) is 13.6 Å². The van der Waals surface area contributed by atoms with Gasteiger partial charge in [-0.05, 0) is 49.6 Å². The summed E-state index contributed by atoms with van der Waals surface area (Å²) in [5.74, 6) is -1.32. The fraction of sp³-hybridized carbons (Fsp3) is 0.364. The number of carbonyl (C=O) groups is 1. The van der Waals surface area contributed by atoms with E-state index in [0.717, 1.165) is 29.4 Å². The first-order chi connectivity index (χ1) is 14.0. The van der Waals surface area contributed by atoms with Gasteiger partial charge >= 0.3 is 0 Å². The Morgan fingerprint density at radius 3 is 2.69 bits per heavy atom. The Bertz CT molecular complexity index is 981. The quantitative estimate of drug-likeness (QED) is 0.661. The first-order valence-electron chi connectivity index (χ1n) is 9.83. The number of nitrogens with one attached hydrogen (secondary N) is 1. The van der Waals surface area contributed by atoms with Crippen LogP contribution in [0.3, 0.4) is 0 Å². The van der Waals surface area contributed by atoms with Crippen molar-refractivity contribution in [3.8, 4) is 0 Å². The smallest absolute Gasteiger partial charge is 0.236 e. The molecule has 1 aliphatic heterocycles. The molecule has 3 aromatic rings. The third-order valence-corrected chi connectivity index (χ3v) is 6.71. The molecule has 0 spiro atoms. The van der Waals surface area contributed by atoms with E-state index in [2.05, 4.69) is 11.4 Å². The second-order valence-electron chi connectivity index (χ2n) is 7.45. The largest absolute Gasteiger partial charge is 0.342 e. The molecule has 1 amide bonds. The molecule has 1 atom stereocenters. The number of hydrogen-bond acceptors (Lipinski definition) is 4. The summed E-state index contributed by atoms with van der Waals surface area (Å²) in [6, 6.07) is 11.7. The van der Waals surface area contributed by atoms with Gasteiger partial charge in [0.15, 0.2) is 11.6 Å². The Kier molecular flexibility index (Phi) is 5.87. The standard InChI is InChI=1S/C22H23F2N3OS/c1-14(16-6-7-17(23)18(24)12-16)25-13-21(28)27-10-8-15(9-11-27)22-26-19-4-2-3-5-20(19)29-22/h2-7,12,14-15,25H,8-11,13H2,1H3/t14-/m0/s1. The van der Waals surface area contributed by atoms with Crippen molar-refractivity contribution in [2.75, 3.05) is 19.6 Å². The van der Waals surface area contributed by atoms with Gasteiger partial charge in [0.25, 0.3) is 0 Å². The molecule has 4 rings (SSSR count). The molecular formula is C22H23F2N3OS. The van der Waals surface area contributed by atoms with E-state index in [-0.39, 0.29) is 18.5 Å². The molecule has 1 aromatic heterocycles. The van der Waals surface area contributed by atoms with Crippen LogP contribution in [0.2, 0.25) is 0 Å². The van der Waals surface area contributed by atoms with E-state index in [0.29, 0.717) is 24.6 Å². The van der Waals surface area contributed by atoms with Crippen LogP contribution < -0.4 is 5.32 Å². The summed E-state index contributed by atoms with van der Waals surface area (Å²) < 4.78 is 27.7. The van der Waals surface area contributed by atoms with Gasteiger partial charge in [-0.25, -0.2) is 13.8 Å². The number of hydrogen-bond donors (Lipinski definition) is 1. The van der Waals surface area contributed by atoms with Crippen LogP contribution in [-0.4, -0.2) is 35.4 Å². The van der Waals surface area contributed by atoms with Gasteiger partial charge in [0, 0.05) is 25.0 Å². The monoisotopic (exact) mass is 415 g/mol. The van der Waals surface area contributed by atoms with Gasteiger partial charge in [-0.3, -0.25) is 4.79 Å². The molecule has 0 unspecified atom stereocenters. The highest BCUT2D eigenvalue weighted by molar-refractivity contribution is 7.18. The van der Waals surface area contributed by atoms with Crippen molar-refractivity contribution < 1.29 is 13.6 Å². The van der Waals surface area contributed by atoms with E-state index in [1.54, 1.807) is 11.3 Å². The van der Waals surface area contributed by atoms with Crippen molar-refractivity contribution >= 4 is 27.5 Å². The maximum Gasteiger partial charge on any atom is 0.236 e. The number of halogens is 2. The average molecular weight is 416 g/mol. The molecule has 1 aliphatic rings. The Morgan fingerprint density at radius 1 is 1.21 bits per heavy atom. The zero-order chi connectivity index (χ0) is 20.4. The van der Waals surface area contributed by atoms with Crippen LogP contribution in [0.4, 0.5) is 8.78 Å². The molecular weight excluding hydrogens is 392 g/mol. The van der Waals surface area contributed by atoms with Crippen molar-refractivity contribution in [2.24, 2.45) is 0 Å². The molecule has 2 aromatic carbocycles. The first-order valence-corrected chi connectivity index (χ1v) is 10.6. The SMILES string of the molecule is C[C@H](NCC(=O)N1CCC(c2nc3ccccc3s2)CC1)c1ccc(F)c(F)c1. The molecule has 2 heterocycles. The van der Waals surface area contributed by atoms with Crippen LogP contribution in [0.5, 0.6) is 0 Å². The van der Waals surface area contributed by atoms with Crippen molar-refractivity contribution in [1.82, 2.24) is 15.2 Å². The number of aromatic nitrogens is 1. The molecule has 1 saturated heterocycles. The van der Waals surface area contributed by atoms with Gasteiger partial charge in [0.2, 0.25) is 5.91 Å². The van der Waals surface area contributed by atoms with Crippen molar-refractivity contribution in [2.45, 2.75) is 31.7 Å². The summed E-state index contributed by atoms with van der Waals surface area (Å²) >= 11 is 1.74. The van der Waals surface area contributed by atoms with Gasteiger partial charge in [0.05, 0.1) is 21.8 Å². The van der Waals surface area contributed by atoms with Gasteiger partial charge in [-0.1, -0.05) is 18.2 Å². The van der Waals surface area contributed by atoms with Gasteiger partial charge in [-0.15, -0.1) is 11.3 Å². The summed E-state index contributed by atoms with van der Waals surface area (Å²) in [6.45, 7) is 3.42. The Hall–Kier alpha value is -2.38. The molecule has 0 aliphatic carbocycles. The minimum Gasteiger partial charge on any atom is -0.342 e. The van der Waals surface area contributed by atoms with Crippen LogP contribution in [-0.2, 0) is 4.79 Å². The average Bonchev–Trinajstić information content (AvgIpc) is 3.18. The Labute approximate surface area is 172 Å². The van der Waals surface area contributed by atoms with Crippen molar-refractivity contribution in [1.29, 1.82) is 0 Å². The van der Waals surface area contributed by atoms with Gasteiger partial charge in [0.1, 0.15) is 0 Å². The Morgan fingerprint density at radius 2 is 1.97 bits per heavy atom. The minimum atomic E-state index is -0.876. The third-order valence-electron chi connectivity index (χ3n) is 5.51. The van der Waals surface area contributed by atoms with Crippen molar-refractivity contribution in [3.63, 3.8) is 0 Å². The topological polar surface area (TPSA) is 45.2 Å². The number of rotatable bonds is 5. The van der Waals surface area contributed by atoms with E-state index >= 15 is 0 Å². The second kappa shape index (κ2) is 8.55. The fourth-order valence-electron chi connectivity index (χ4n) is 3.69. The number of para-hydroxylation sites is 1. The van der Waals surface area contributed by atoms with E-state index in [1.165, 1.54) is 16.8 Å². The number of nitrogens with zero attached hydrogens (tertiary/aromatic N) is 2. The number of likely N-dealkylation sites (tertiary alicyclic amines) is 1. The molecule has 1 N–H and O–H groups in total. The van der Waals surface area contributed by atoms with Gasteiger partial charge < -0.3 is 10.2 Å². The lowest BCUT2D eigenvalue weighted by atomic mass is 9.97. The molecule has 29 heavy (non-hydrogen) atoms. The zero-order valence-electron chi connectivity index (χ0n) is 16.2. The summed E-state index contributed by atoms with van der Waals surface area (Å²) in [5, 5.41) is 4.27. The summed E-state index contributed by atoms with van der Waals surface area (Å²) in [5.41, 5.74) is 1.66. The maximum atomic E-state index is 13.4. The molecule has 0 bridgehead atoms. The summed E-state index contributed by atoms with van der Waals surface area (Å²) in [4.78, 5) is 19.2. The van der Waals surface area contributed by atoms with Crippen LogP contribution in [0.15, 0.2) is 42.5 Å². The molecule has 0 radical (unpaired) electrons. The van der Waals surface area contributed by atoms with E-state index < -0.39 is 11.6 Å². The predicted octanol–water partition coefficient (Wildman–Crippen LogP) is 4.63. The normalized spacial score (nSPS) is 16.3. The lowest BCUT2D eigenvalue weighted by Crippen LogP contribution is -2.43. The zero-order valence-corrected chi connectivity index (χ0v) is 17.0. The molecule has 0 saturated carbocycles. The lowest BCUT2D eigenvalue weighted by molar-refractivity contribution is -0.131. The summed E-state index contributed by atoms with van der Waals surface area (Å²) in [7, 11) is 0. The van der Waals surface area contributed by atoms with Gasteiger partial charge in [-0.2, -0.15) is 0 Å². The number of carbonyl (C=O) groups excluding carboxylic acids is 1. The maximum absolute atomic E-state index is 13.4. The van der Waals surface area contributed by atoms with Crippen LogP contribution in [0.1, 0.15) is 42.3 Å². The number of benzene rings is 2. The highest BCUT2D eigenvalue weighted by Crippen LogP contribution is 2.33. The highest BCUT2D eigenvalue weighted by Gasteiger charge is 2.26. The Balaban J connectivity index is 1.29. The van der Waals surface area contributed by atoms with E-state index in [4.69, 9.17) is 4.98 Å². The van der Waals surface area contributed by atoms with E-state index in [1.807, 2.05) is 30.0 Å². The third kappa shape index (κ3) is 4.46. The highest BCUT2D eigenvalue weighted by atomic mass is 32.1. The first kappa shape index (κ1) is 19.9. The van der Waals surface area contributed by atoms with Crippen LogP contribution in [0.25, 0.3) is 10.2 Å². The number of piperidine rings is 1. The fourth-order valence-corrected chi connectivity index (χ4v) is 4.83.